The van der Waals surface area contributed by atoms with E-state index in [9.17, 15) is 0 Å². The molecular weight excluding hydrogens is 178 g/mol. The van der Waals surface area contributed by atoms with Crippen LogP contribution in [0.2, 0.25) is 0 Å². The van der Waals surface area contributed by atoms with Crippen LogP contribution in [0.25, 0.3) is 0 Å². The third-order valence-electron chi connectivity index (χ3n) is 3.49. The first kappa shape index (κ1) is 8.35. The Morgan fingerprint density at radius 2 is 2.36 bits per heavy atom. The van der Waals surface area contributed by atoms with Gasteiger partial charge in [-0.15, -0.1) is 10.2 Å². The van der Waals surface area contributed by atoms with E-state index in [2.05, 4.69) is 25.5 Å². The van der Waals surface area contributed by atoms with E-state index in [0.717, 1.165) is 18.4 Å². The summed E-state index contributed by atoms with van der Waals surface area (Å²) in [5.74, 6) is 1.41. The zero-order chi connectivity index (χ0) is 9.38. The molecular formula is C9H15N5. The maximum absolute atomic E-state index is 4.08. The van der Waals surface area contributed by atoms with Gasteiger partial charge in [0.25, 0.3) is 0 Å². The van der Waals surface area contributed by atoms with Crippen LogP contribution in [0.1, 0.15) is 37.4 Å². The summed E-state index contributed by atoms with van der Waals surface area (Å²) < 4.78 is 0. The van der Waals surface area contributed by atoms with Gasteiger partial charge in [0.1, 0.15) is 0 Å². The standard InChI is InChI=1S/C9H15N5/c1-2-4-14-6-7(5-8(14)3-1)9-10-12-13-11-9/h7-8H,1-6H2,(H,10,11,12,13)/t7-,8+/m1/s1. The SMILES string of the molecule is C1CCN2C[C@H](c3nn[nH]n3)C[C@@H]2C1. The molecule has 14 heavy (non-hydrogen) atoms. The van der Waals surface area contributed by atoms with Gasteiger partial charge in [0.15, 0.2) is 5.82 Å². The summed E-state index contributed by atoms with van der Waals surface area (Å²) in [5.41, 5.74) is 0. The van der Waals surface area contributed by atoms with E-state index in [1.54, 1.807) is 0 Å². The van der Waals surface area contributed by atoms with Crippen molar-refractivity contribution in [1.82, 2.24) is 25.5 Å². The van der Waals surface area contributed by atoms with Crippen LogP contribution in [-0.2, 0) is 0 Å². The van der Waals surface area contributed by atoms with Crippen molar-refractivity contribution in [2.75, 3.05) is 13.1 Å². The molecule has 0 radical (unpaired) electrons. The summed E-state index contributed by atoms with van der Waals surface area (Å²) in [5, 5.41) is 14.3. The second-order valence-corrected chi connectivity index (χ2v) is 4.35. The lowest BCUT2D eigenvalue weighted by Gasteiger charge is -2.28. The Kier molecular flexibility index (Phi) is 1.97. The van der Waals surface area contributed by atoms with E-state index < -0.39 is 0 Å². The van der Waals surface area contributed by atoms with E-state index >= 15 is 0 Å². The van der Waals surface area contributed by atoms with Gasteiger partial charge in [-0.1, -0.05) is 11.6 Å². The van der Waals surface area contributed by atoms with Crippen LogP contribution in [-0.4, -0.2) is 44.7 Å². The Balaban J connectivity index is 1.74. The van der Waals surface area contributed by atoms with Crippen LogP contribution in [0.5, 0.6) is 0 Å². The van der Waals surface area contributed by atoms with E-state index in [1.807, 2.05) is 0 Å². The summed E-state index contributed by atoms with van der Waals surface area (Å²) in [6.07, 6.45) is 5.32. The number of rotatable bonds is 1. The minimum Gasteiger partial charge on any atom is -0.300 e. The fourth-order valence-corrected chi connectivity index (χ4v) is 2.78. The van der Waals surface area contributed by atoms with E-state index in [4.69, 9.17) is 0 Å². The smallest absolute Gasteiger partial charge is 0.178 e. The second-order valence-electron chi connectivity index (χ2n) is 4.35. The predicted octanol–water partition coefficient (Wildman–Crippen LogP) is 0.541. The third-order valence-corrected chi connectivity index (χ3v) is 3.49. The van der Waals surface area contributed by atoms with Gasteiger partial charge in [-0.3, -0.25) is 4.90 Å². The maximum Gasteiger partial charge on any atom is 0.178 e. The number of nitrogens with one attached hydrogen (secondary N) is 1. The van der Waals surface area contributed by atoms with Gasteiger partial charge < -0.3 is 0 Å². The molecule has 0 unspecified atom stereocenters. The minimum atomic E-state index is 0.511. The molecule has 5 heteroatoms. The van der Waals surface area contributed by atoms with Gasteiger partial charge in [-0.25, -0.2) is 0 Å². The van der Waals surface area contributed by atoms with Gasteiger partial charge in [-0.05, 0) is 25.8 Å². The molecule has 1 aromatic heterocycles. The second kappa shape index (κ2) is 3.31. The van der Waals surface area contributed by atoms with Crippen LogP contribution < -0.4 is 0 Å². The Labute approximate surface area is 82.9 Å². The molecule has 0 aliphatic carbocycles. The molecule has 0 aromatic carbocycles. The molecule has 3 rings (SSSR count). The first-order valence-corrected chi connectivity index (χ1v) is 5.41. The van der Waals surface area contributed by atoms with Crippen LogP contribution in [0.15, 0.2) is 0 Å². The van der Waals surface area contributed by atoms with Crippen LogP contribution in [0.3, 0.4) is 0 Å². The summed E-state index contributed by atoms with van der Waals surface area (Å²) in [6.45, 7) is 2.39. The quantitative estimate of drug-likeness (QED) is 0.707. The summed E-state index contributed by atoms with van der Waals surface area (Å²) >= 11 is 0. The van der Waals surface area contributed by atoms with Gasteiger partial charge in [0.2, 0.25) is 0 Å². The van der Waals surface area contributed by atoms with Crippen molar-refractivity contribution in [3.05, 3.63) is 5.82 Å². The van der Waals surface area contributed by atoms with Crippen LogP contribution in [0, 0.1) is 0 Å². The summed E-state index contributed by atoms with van der Waals surface area (Å²) in [6, 6.07) is 0.784. The highest BCUT2D eigenvalue weighted by Gasteiger charge is 2.35. The predicted molar refractivity (Wildman–Crippen MR) is 50.7 cm³/mol. The zero-order valence-corrected chi connectivity index (χ0v) is 8.19. The number of H-pyrrole nitrogens is 1. The number of aromatic nitrogens is 4. The molecule has 2 fully saturated rings. The first-order valence-electron chi connectivity index (χ1n) is 5.41. The van der Waals surface area contributed by atoms with Gasteiger partial charge in [0.05, 0.1) is 0 Å². The Morgan fingerprint density at radius 3 is 3.14 bits per heavy atom. The van der Waals surface area contributed by atoms with Crippen molar-refractivity contribution < 1.29 is 0 Å². The first-order chi connectivity index (χ1) is 6.93. The molecule has 2 aliphatic rings. The number of fused-ring (bicyclic) bond motifs is 1. The molecule has 2 aliphatic heterocycles. The zero-order valence-electron chi connectivity index (χ0n) is 8.19. The average molecular weight is 193 g/mol. The van der Waals surface area contributed by atoms with E-state index in [1.165, 1.54) is 32.2 Å². The number of hydrogen-bond donors (Lipinski definition) is 1. The highest BCUT2D eigenvalue weighted by atomic mass is 15.5. The molecule has 0 bridgehead atoms. The molecule has 0 saturated carbocycles. The van der Waals surface area contributed by atoms with Crippen molar-refractivity contribution in [2.24, 2.45) is 0 Å². The molecule has 2 saturated heterocycles. The summed E-state index contributed by atoms with van der Waals surface area (Å²) in [7, 11) is 0. The molecule has 3 heterocycles. The van der Waals surface area contributed by atoms with Crippen molar-refractivity contribution in [2.45, 2.75) is 37.6 Å². The van der Waals surface area contributed by atoms with Crippen LogP contribution >= 0.6 is 0 Å². The molecule has 0 spiro atoms. The number of nitrogens with zero attached hydrogens (tertiary/aromatic N) is 4. The molecule has 5 nitrogen and oxygen atoms in total. The normalized spacial score (nSPS) is 33.1. The fraction of sp³-hybridized carbons (Fsp3) is 0.889. The van der Waals surface area contributed by atoms with E-state index in [0.29, 0.717) is 5.92 Å². The highest BCUT2D eigenvalue weighted by molar-refractivity contribution is 5.01. The maximum atomic E-state index is 4.08. The van der Waals surface area contributed by atoms with Crippen molar-refractivity contribution >= 4 is 0 Å². The number of piperidine rings is 1. The van der Waals surface area contributed by atoms with Crippen molar-refractivity contribution in [1.29, 1.82) is 0 Å². The fourth-order valence-electron chi connectivity index (χ4n) is 2.78. The molecule has 2 atom stereocenters. The Hall–Kier alpha value is -0.970. The topological polar surface area (TPSA) is 57.7 Å². The highest BCUT2D eigenvalue weighted by Crippen LogP contribution is 2.34. The number of aromatic amines is 1. The van der Waals surface area contributed by atoms with Crippen molar-refractivity contribution in [3.8, 4) is 0 Å². The number of tetrazole rings is 1. The molecule has 76 valence electrons. The lowest BCUT2D eigenvalue weighted by atomic mass is 9.99. The Bertz CT molecular complexity index is 282. The molecule has 1 aromatic rings. The number of hydrogen-bond acceptors (Lipinski definition) is 4. The third kappa shape index (κ3) is 1.32. The molecule has 1 N–H and O–H groups in total. The van der Waals surface area contributed by atoms with Crippen LogP contribution in [0.4, 0.5) is 0 Å². The van der Waals surface area contributed by atoms with Gasteiger partial charge >= 0.3 is 0 Å². The monoisotopic (exact) mass is 193 g/mol. The average Bonchev–Trinajstić information content (AvgIpc) is 2.86. The lowest BCUT2D eigenvalue weighted by Crippen LogP contribution is -2.33. The van der Waals surface area contributed by atoms with Gasteiger partial charge in [0, 0.05) is 18.5 Å². The Morgan fingerprint density at radius 1 is 1.36 bits per heavy atom. The van der Waals surface area contributed by atoms with E-state index in [-0.39, 0.29) is 0 Å². The van der Waals surface area contributed by atoms with Gasteiger partial charge in [-0.2, -0.15) is 5.21 Å². The van der Waals surface area contributed by atoms with Crippen molar-refractivity contribution in [3.63, 3.8) is 0 Å². The summed E-state index contributed by atoms with van der Waals surface area (Å²) in [4.78, 5) is 2.59. The lowest BCUT2D eigenvalue weighted by molar-refractivity contribution is 0.197. The molecule has 0 amide bonds. The largest absolute Gasteiger partial charge is 0.300 e. The minimum absolute atomic E-state index is 0.511.